The molecule has 1 rings (SSSR count). The van der Waals surface area contributed by atoms with Gasteiger partial charge in [0.25, 0.3) is 0 Å². The first kappa shape index (κ1) is 9.52. The zero-order valence-electron chi connectivity index (χ0n) is 7.62. The molecule has 0 aromatic rings. The molecule has 0 unspecified atom stereocenters. The van der Waals surface area contributed by atoms with E-state index in [0.717, 1.165) is 30.7 Å². The van der Waals surface area contributed by atoms with Gasteiger partial charge in [-0.3, -0.25) is 10.0 Å². The van der Waals surface area contributed by atoms with E-state index in [4.69, 9.17) is 0 Å². The van der Waals surface area contributed by atoms with Gasteiger partial charge in [-0.25, -0.2) is 5.06 Å². The Hall–Kier alpha value is -0.570. The van der Waals surface area contributed by atoms with Crippen LogP contribution in [0.1, 0.15) is 46.9 Å². The van der Waals surface area contributed by atoms with E-state index in [1.54, 1.807) is 6.92 Å². The highest BCUT2D eigenvalue weighted by Gasteiger charge is 2.22. The Balaban J connectivity index is 0.00000144. The molecule has 1 aliphatic rings. The van der Waals surface area contributed by atoms with Crippen molar-refractivity contribution in [1.29, 1.82) is 0 Å². The molecular weight excluding hydrogens is 154 g/mol. The molecule has 0 aliphatic heterocycles. The predicted molar refractivity (Wildman–Crippen MR) is 47.9 cm³/mol. The first-order valence-corrected chi connectivity index (χ1v) is 4.76. The second-order valence-corrected chi connectivity index (χ2v) is 3.38. The molecule has 0 aromatic carbocycles. The van der Waals surface area contributed by atoms with Gasteiger partial charge in [0.2, 0.25) is 5.91 Å². The van der Waals surface area contributed by atoms with E-state index >= 15 is 0 Å². The lowest BCUT2D eigenvalue weighted by Crippen LogP contribution is -2.38. The van der Waals surface area contributed by atoms with Crippen LogP contribution in [-0.2, 0) is 4.79 Å². The summed E-state index contributed by atoms with van der Waals surface area (Å²) < 4.78 is 0. The molecule has 1 fully saturated rings. The first-order chi connectivity index (χ1) is 5.75. The predicted octanol–water partition coefficient (Wildman–Crippen LogP) is 2.19. The number of amides is 1. The summed E-state index contributed by atoms with van der Waals surface area (Å²) in [4.78, 5) is 11.1. The molecular formula is C9H19NO2. The van der Waals surface area contributed by atoms with Crippen molar-refractivity contribution in [2.75, 3.05) is 0 Å². The van der Waals surface area contributed by atoms with Crippen molar-refractivity contribution in [3.8, 4) is 0 Å². The van der Waals surface area contributed by atoms with Gasteiger partial charge in [-0.05, 0) is 12.8 Å². The molecule has 0 spiro atoms. The molecule has 1 aliphatic carbocycles. The lowest BCUT2D eigenvalue weighted by atomic mass is 9.95. The number of carbonyl (C=O) groups is 1. The fourth-order valence-electron chi connectivity index (χ4n) is 1.69. The smallest absolute Gasteiger partial charge is 0.245 e. The molecule has 0 aromatic heterocycles. The normalized spacial score (nSPS) is 19.2. The van der Waals surface area contributed by atoms with Crippen molar-refractivity contribution >= 4 is 5.91 Å². The molecule has 0 atom stereocenters. The number of nitrogens with zero attached hydrogens (tertiary/aromatic N) is 1. The minimum absolute atomic E-state index is 0. The van der Waals surface area contributed by atoms with Crippen LogP contribution in [0.2, 0.25) is 0 Å². The number of hydroxylamine groups is 2. The van der Waals surface area contributed by atoms with Gasteiger partial charge >= 0.3 is 0 Å². The zero-order valence-corrected chi connectivity index (χ0v) is 7.62. The molecule has 3 nitrogen and oxygen atoms in total. The van der Waals surface area contributed by atoms with Crippen molar-refractivity contribution in [1.82, 2.24) is 5.06 Å². The Morgan fingerprint density at radius 2 is 2.08 bits per heavy atom. The number of carbonyl (C=O) groups excluding carboxylic acids is 1. The largest absolute Gasteiger partial charge is 0.286 e. The maximum absolute atomic E-state index is 11.1. The minimum atomic E-state index is -0.151. The second-order valence-electron chi connectivity index (χ2n) is 3.38. The van der Waals surface area contributed by atoms with E-state index in [1.807, 2.05) is 0 Å². The summed E-state index contributed by atoms with van der Waals surface area (Å²) in [6.07, 6.45) is 5.83. The molecule has 0 bridgehead atoms. The van der Waals surface area contributed by atoms with Crippen LogP contribution in [0.5, 0.6) is 0 Å². The maximum Gasteiger partial charge on any atom is 0.245 e. The number of rotatable bonds is 2. The standard InChI is InChI=1S/C9H17NO2.H2/c1-2-9(11)10(12)8-6-4-3-5-7-8;/h8,12H,2-7H2,1H3;1H. The summed E-state index contributed by atoms with van der Waals surface area (Å²) in [5.74, 6) is -0.151. The second kappa shape index (κ2) is 4.45. The van der Waals surface area contributed by atoms with Gasteiger partial charge in [-0.15, -0.1) is 0 Å². The quantitative estimate of drug-likeness (QED) is 0.513. The van der Waals surface area contributed by atoms with Crippen LogP contribution >= 0.6 is 0 Å². The lowest BCUT2D eigenvalue weighted by molar-refractivity contribution is -0.178. The van der Waals surface area contributed by atoms with E-state index in [2.05, 4.69) is 0 Å². The van der Waals surface area contributed by atoms with E-state index in [9.17, 15) is 10.0 Å². The Bertz CT molecular complexity index is 158. The van der Waals surface area contributed by atoms with E-state index in [-0.39, 0.29) is 13.4 Å². The van der Waals surface area contributed by atoms with Crippen LogP contribution in [0, 0.1) is 0 Å². The molecule has 1 amide bonds. The van der Waals surface area contributed by atoms with Crippen molar-refractivity contribution in [3.63, 3.8) is 0 Å². The van der Waals surface area contributed by atoms with Gasteiger partial charge in [0.05, 0.1) is 6.04 Å². The molecule has 0 heterocycles. The number of hydrogen-bond acceptors (Lipinski definition) is 2. The molecule has 0 saturated heterocycles. The summed E-state index contributed by atoms with van der Waals surface area (Å²) in [6, 6.07) is 0.0891. The van der Waals surface area contributed by atoms with Gasteiger partial charge in [0, 0.05) is 7.85 Å². The lowest BCUT2D eigenvalue weighted by Gasteiger charge is -2.28. The summed E-state index contributed by atoms with van der Waals surface area (Å²) in [5.41, 5.74) is 0. The van der Waals surface area contributed by atoms with Crippen LogP contribution in [0.3, 0.4) is 0 Å². The van der Waals surface area contributed by atoms with Crippen LogP contribution in [0.4, 0.5) is 0 Å². The highest BCUT2D eigenvalue weighted by Crippen LogP contribution is 2.21. The topological polar surface area (TPSA) is 40.5 Å². The first-order valence-electron chi connectivity index (χ1n) is 4.76. The van der Waals surface area contributed by atoms with Crippen molar-refractivity contribution in [2.24, 2.45) is 0 Å². The highest BCUT2D eigenvalue weighted by atomic mass is 16.5. The van der Waals surface area contributed by atoms with Gasteiger partial charge < -0.3 is 0 Å². The van der Waals surface area contributed by atoms with E-state index < -0.39 is 0 Å². The fourth-order valence-corrected chi connectivity index (χ4v) is 1.69. The fraction of sp³-hybridized carbons (Fsp3) is 0.889. The van der Waals surface area contributed by atoms with Gasteiger partial charge in [0.15, 0.2) is 0 Å². The summed E-state index contributed by atoms with van der Waals surface area (Å²) >= 11 is 0. The van der Waals surface area contributed by atoms with Crippen LogP contribution in [-0.4, -0.2) is 22.2 Å². The third-order valence-electron chi connectivity index (χ3n) is 2.48. The molecule has 72 valence electrons. The third-order valence-corrected chi connectivity index (χ3v) is 2.48. The Morgan fingerprint density at radius 3 is 2.58 bits per heavy atom. The monoisotopic (exact) mass is 173 g/mol. The van der Waals surface area contributed by atoms with Crippen LogP contribution in [0.15, 0.2) is 0 Å². The maximum atomic E-state index is 11.1. The Morgan fingerprint density at radius 1 is 1.50 bits per heavy atom. The van der Waals surface area contributed by atoms with Crippen molar-refractivity contribution in [2.45, 2.75) is 51.5 Å². The van der Waals surface area contributed by atoms with Gasteiger partial charge in [0.1, 0.15) is 0 Å². The molecule has 12 heavy (non-hydrogen) atoms. The van der Waals surface area contributed by atoms with Gasteiger partial charge in [-0.1, -0.05) is 26.2 Å². The van der Waals surface area contributed by atoms with E-state index in [1.165, 1.54) is 6.42 Å². The summed E-state index contributed by atoms with van der Waals surface area (Å²) in [6.45, 7) is 1.77. The minimum Gasteiger partial charge on any atom is -0.286 e. The SMILES string of the molecule is CCC(=O)N(O)C1CCCCC1.[HH]. The van der Waals surface area contributed by atoms with Crippen molar-refractivity contribution < 1.29 is 11.4 Å². The average Bonchev–Trinajstić information content (AvgIpc) is 2.17. The molecule has 3 heteroatoms. The van der Waals surface area contributed by atoms with Gasteiger partial charge in [-0.2, -0.15) is 0 Å². The van der Waals surface area contributed by atoms with Crippen LogP contribution in [0.25, 0.3) is 0 Å². The average molecular weight is 173 g/mol. The highest BCUT2D eigenvalue weighted by molar-refractivity contribution is 5.74. The Kier molecular flexibility index (Phi) is 3.53. The molecule has 0 radical (unpaired) electrons. The Labute approximate surface area is 74.8 Å². The number of hydrogen-bond donors (Lipinski definition) is 1. The van der Waals surface area contributed by atoms with Crippen molar-refractivity contribution in [3.05, 3.63) is 0 Å². The third kappa shape index (κ3) is 2.21. The summed E-state index contributed by atoms with van der Waals surface area (Å²) in [5, 5.41) is 10.4. The molecule has 1 N–H and O–H groups in total. The zero-order chi connectivity index (χ0) is 8.97. The summed E-state index contributed by atoms with van der Waals surface area (Å²) in [7, 11) is 0. The molecule has 1 saturated carbocycles. The van der Waals surface area contributed by atoms with E-state index in [0.29, 0.717) is 6.42 Å². The van der Waals surface area contributed by atoms with Crippen LogP contribution < -0.4 is 0 Å².